The minimum Gasteiger partial charge on any atom is -0.493 e. The van der Waals surface area contributed by atoms with Gasteiger partial charge in [0.05, 0.1) is 12.4 Å². The number of benzene rings is 1. The number of piperazine rings is 1. The lowest BCUT2D eigenvalue weighted by molar-refractivity contribution is 0.372. The molecule has 1 aliphatic rings. The number of anilines is 1. The zero-order valence-corrected chi connectivity index (χ0v) is 17.4. The van der Waals surface area contributed by atoms with Crippen LogP contribution in [0.4, 0.5) is 5.82 Å². The average molecular weight is 407 g/mol. The maximum Gasteiger partial charge on any atom is 0.224 e. The Kier molecular flexibility index (Phi) is 6.04. The quantitative estimate of drug-likeness (QED) is 0.728. The van der Waals surface area contributed by atoms with Crippen molar-refractivity contribution in [3.05, 3.63) is 36.2 Å². The Morgan fingerprint density at radius 1 is 1.04 bits per heavy atom. The molecule has 152 valence electrons. The second kappa shape index (κ2) is 8.32. The first-order valence-electron chi connectivity index (χ1n) is 9.19. The van der Waals surface area contributed by atoms with E-state index >= 15 is 0 Å². The van der Waals surface area contributed by atoms with Gasteiger partial charge in [-0.05, 0) is 38.5 Å². The molecule has 0 saturated carbocycles. The first-order chi connectivity index (χ1) is 13.3. The first-order valence-corrected chi connectivity index (χ1v) is 10.7. The van der Waals surface area contributed by atoms with Gasteiger partial charge in [0.15, 0.2) is 11.5 Å². The van der Waals surface area contributed by atoms with E-state index in [1.807, 2.05) is 30.0 Å². The van der Waals surface area contributed by atoms with Crippen molar-refractivity contribution in [2.75, 3.05) is 38.2 Å². The van der Waals surface area contributed by atoms with Crippen LogP contribution in [0, 0.1) is 6.92 Å². The number of hydrogen-bond donors (Lipinski definition) is 0. The van der Waals surface area contributed by atoms with E-state index in [0.717, 1.165) is 5.56 Å². The average Bonchev–Trinajstić information content (AvgIpc) is 2.69. The zero-order valence-electron chi connectivity index (χ0n) is 16.6. The van der Waals surface area contributed by atoms with Crippen molar-refractivity contribution in [1.82, 2.24) is 14.3 Å². The highest BCUT2D eigenvalue weighted by molar-refractivity contribution is 7.89. The predicted molar refractivity (Wildman–Crippen MR) is 108 cm³/mol. The maximum atomic E-state index is 12.3. The topological polar surface area (TPSA) is 84.9 Å². The zero-order chi connectivity index (χ0) is 20.3. The summed E-state index contributed by atoms with van der Waals surface area (Å²) in [5.74, 6) is 2.32. The number of sulfonamides is 1. The number of aromatic nitrogens is 2. The molecule has 0 atom stereocenters. The van der Waals surface area contributed by atoms with Crippen LogP contribution in [0.3, 0.4) is 0 Å². The molecule has 1 fully saturated rings. The van der Waals surface area contributed by atoms with Crippen LogP contribution in [-0.4, -0.2) is 61.2 Å². The van der Waals surface area contributed by atoms with E-state index < -0.39 is 15.3 Å². The lowest BCUT2D eigenvalue weighted by Gasteiger charge is -2.35. The van der Waals surface area contributed by atoms with E-state index in [2.05, 4.69) is 9.97 Å². The van der Waals surface area contributed by atoms with E-state index in [9.17, 15) is 8.42 Å². The van der Waals surface area contributed by atoms with Gasteiger partial charge in [-0.3, -0.25) is 0 Å². The summed E-state index contributed by atoms with van der Waals surface area (Å²) in [5, 5.41) is -0.414. The van der Waals surface area contributed by atoms with Gasteiger partial charge in [0.25, 0.3) is 0 Å². The van der Waals surface area contributed by atoms with Gasteiger partial charge in [0.1, 0.15) is 12.1 Å². The number of ether oxygens (including phenoxy) is 2. The van der Waals surface area contributed by atoms with Crippen molar-refractivity contribution in [2.45, 2.75) is 26.0 Å². The summed E-state index contributed by atoms with van der Waals surface area (Å²) in [7, 11) is -1.64. The molecule has 28 heavy (non-hydrogen) atoms. The lowest BCUT2D eigenvalue weighted by Crippen LogP contribution is -2.50. The molecule has 8 nitrogen and oxygen atoms in total. The molecule has 1 aromatic carbocycles. The minimum absolute atomic E-state index is 0.407. The Morgan fingerprint density at radius 2 is 1.75 bits per heavy atom. The molecule has 1 aromatic heterocycles. The van der Waals surface area contributed by atoms with Gasteiger partial charge in [0.2, 0.25) is 15.9 Å². The number of nitrogens with zero attached hydrogens (tertiary/aromatic N) is 4. The number of hydrogen-bond acceptors (Lipinski definition) is 7. The lowest BCUT2D eigenvalue weighted by atomic mass is 10.2. The van der Waals surface area contributed by atoms with Gasteiger partial charge in [-0.15, -0.1) is 0 Å². The van der Waals surface area contributed by atoms with Crippen LogP contribution in [0.5, 0.6) is 17.4 Å². The summed E-state index contributed by atoms with van der Waals surface area (Å²) >= 11 is 0. The molecule has 2 aromatic rings. The molecule has 1 aliphatic heterocycles. The molecule has 2 heterocycles. The fourth-order valence-corrected chi connectivity index (χ4v) is 4.27. The molecule has 0 unspecified atom stereocenters. The van der Waals surface area contributed by atoms with Crippen molar-refractivity contribution in [2.24, 2.45) is 0 Å². The molecule has 0 radical (unpaired) electrons. The Balaban J connectivity index is 1.71. The minimum atomic E-state index is -3.23. The van der Waals surface area contributed by atoms with Crippen molar-refractivity contribution in [1.29, 1.82) is 0 Å². The molecule has 1 saturated heterocycles. The summed E-state index contributed by atoms with van der Waals surface area (Å²) in [5.41, 5.74) is 1.07. The van der Waals surface area contributed by atoms with Crippen molar-refractivity contribution in [3.8, 4) is 17.4 Å². The van der Waals surface area contributed by atoms with Gasteiger partial charge >= 0.3 is 0 Å². The van der Waals surface area contributed by atoms with Crippen LogP contribution in [0.15, 0.2) is 30.6 Å². The van der Waals surface area contributed by atoms with Gasteiger partial charge in [-0.2, -0.15) is 4.31 Å². The van der Waals surface area contributed by atoms with Crippen molar-refractivity contribution < 1.29 is 17.9 Å². The van der Waals surface area contributed by atoms with Gasteiger partial charge in [-0.25, -0.2) is 18.4 Å². The van der Waals surface area contributed by atoms with Gasteiger partial charge in [-0.1, -0.05) is 6.07 Å². The maximum absolute atomic E-state index is 12.3. The van der Waals surface area contributed by atoms with Crippen molar-refractivity contribution >= 4 is 15.8 Å². The molecule has 0 aliphatic carbocycles. The standard InChI is InChI=1S/C19H26N4O4S/c1-14(2)28(24,25)23-9-7-22(8-10-23)18-12-19(21-13-20-18)27-16-6-5-15(3)11-17(16)26-4/h5-6,11-14H,7-10H2,1-4H3. The third-order valence-electron chi connectivity index (χ3n) is 4.68. The van der Waals surface area contributed by atoms with Crippen molar-refractivity contribution in [3.63, 3.8) is 0 Å². The molecule has 0 bridgehead atoms. The summed E-state index contributed by atoms with van der Waals surface area (Å²) in [6.07, 6.45) is 1.45. The van der Waals surface area contributed by atoms with E-state index in [1.54, 1.807) is 31.3 Å². The van der Waals surface area contributed by atoms with Gasteiger partial charge < -0.3 is 14.4 Å². The molecular formula is C19H26N4O4S. The second-order valence-corrected chi connectivity index (χ2v) is 9.44. The largest absolute Gasteiger partial charge is 0.493 e. The monoisotopic (exact) mass is 406 g/mol. The van der Waals surface area contributed by atoms with E-state index in [-0.39, 0.29) is 0 Å². The van der Waals surface area contributed by atoms with Crippen LogP contribution < -0.4 is 14.4 Å². The highest BCUT2D eigenvalue weighted by atomic mass is 32.2. The summed E-state index contributed by atoms with van der Waals surface area (Å²) in [6, 6.07) is 7.43. The summed E-state index contributed by atoms with van der Waals surface area (Å²) in [4.78, 5) is 10.5. The third kappa shape index (κ3) is 4.36. The highest BCUT2D eigenvalue weighted by Gasteiger charge is 2.29. The predicted octanol–water partition coefficient (Wildman–Crippen LogP) is 2.45. The molecule has 0 spiro atoms. The van der Waals surface area contributed by atoms with E-state index in [1.165, 1.54) is 6.33 Å². The molecule has 0 N–H and O–H groups in total. The van der Waals surface area contributed by atoms with Crippen LogP contribution in [0.1, 0.15) is 19.4 Å². The highest BCUT2D eigenvalue weighted by Crippen LogP contribution is 2.32. The second-order valence-electron chi connectivity index (χ2n) is 6.95. The first kappa shape index (κ1) is 20.3. The molecule has 3 rings (SSSR count). The Hall–Kier alpha value is -2.39. The van der Waals surface area contributed by atoms with E-state index in [4.69, 9.17) is 9.47 Å². The normalized spacial score (nSPS) is 15.7. The summed E-state index contributed by atoms with van der Waals surface area (Å²) in [6.45, 7) is 7.39. The number of aryl methyl sites for hydroxylation is 1. The molecular weight excluding hydrogens is 380 g/mol. The SMILES string of the molecule is COc1cc(C)ccc1Oc1cc(N2CCN(S(=O)(=O)C(C)C)CC2)ncn1. The van der Waals surface area contributed by atoms with E-state index in [0.29, 0.717) is 49.4 Å². The van der Waals surface area contributed by atoms with Crippen LogP contribution in [-0.2, 0) is 10.0 Å². The Labute approximate surface area is 166 Å². The number of methoxy groups -OCH3 is 1. The van der Waals surface area contributed by atoms with Crippen LogP contribution in [0.25, 0.3) is 0 Å². The third-order valence-corrected chi connectivity index (χ3v) is 6.96. The van der Waals surface area contributed by atoms with Crippen LogP contribution in [0.2, 0.25) is 0 Å². The Bertz CT molecular complexity index is 925. The fourth-order valence-electron chi connectivity index (χ4n) is 3.00. The van der Waals surface area contributed by atoms with Crippen LogP contribution >= 0.6 is 0 Å². The molecule has 0 amide bonds. The summed E-state index contributed by atoms with van der Waals surface area (Å²) < 4.78 is 37.4. The molecule has 9 heteroatoms. The number of rotatable bonds is 6. The Morgan fingerprint density at radius 3 is 2.39 bits per heavy atom. The van der Waals surface area contributed by atoms with Gasteiger partial charge in [0, 0.05) is 32.2 Å². The fraction of sp³-hybridized carbons (Fsp3) is 0.474. The smallest absolute Gasteiger partial charge is 0.224 e.